The van der Waals surface area contributed by atoms with Crippen molar-refractivity contribution in [2.24, 2.45) is 11.3 Å². The highest BCUT2D eigenvalue weighted by Gasteiger charge is 2.61. The van der Waals surface area contributed by atoms with E-state index in [9.17, 15) is 9.59 Å². The quantitative estimate of drug-likeness (QED) is 0.904. The van der Waals surface area contributed by atoms with Crippen LogP contribution < -0.4 is 5.32 Å². The minimum Gasteiger partial charge on any atom is -0.361 e. The lowest BCUT2D eigenvalue weighted by Crippen LogP contribution is -2.44. The van der Waals surface area contributed by atoms with E-state index >= 15 is 0 Å². The second kappa shape index (κ2) is 5.65. The Kier molecular flexibility index (Phi) is 3.59. The number of rotatable bonds is 4. The largest absolute Gasteiger partial charge is 0.361 e. The molecule has 24 heavy (non-hydrogen) atoms. The number of nitrogens with zero attached hydrogens (tertiary/aromatic N) is 1. The molecule has 2 amide bonds. The average Bonchev–Trinajstić information content (AvgIpc) is 3.20. The first kappa shape index (κ1) is 15.2. The number of nitrogens with one attached hydrogen (secondary N) is 2. The van der Waals surface area contributed by atoms with Gasteiger partial charge in [0.1, 0.15) is 0 Å². The third kappa shape index (κ3) is 2.48. The number of carbonyl (C=O) groups is 2. The number of aromatic nitrogens is 1. The van der Waals surface area contributed by atoms with Gasteiger partial charge in [-0.25, -0.2) is 0 Å². The lowest BCUT2D eigenvalue weighted by atomic mass is 9.94. The van der Waals surface area contributed by atoms with E-state index in [-0.39, 0.29) is 17.2 Å². The van der Waals surface area contributed by atoms with Crippen molar-refractivity contribution in [3.8, 4) is 0 Å². The normalized spacial score (nSPS) is 25.4. The number of piperidine rings is 1. The van der Waals surface area contributed by atoms with E-state index in [0.717, 1.165) is 31.3 Å². The highest BCUT2D eigenvalue weighted by Crippen LogP contribution is 2.58. The van der Waals surface area contributed by atoms with Crippen LogP contribution in [0, 0.1) is 11.3 Å². The standard InChI is InChI=1S/C19H23N3O2/c1-13(23)22-9-7-19(10-15(19)12-22)18(24)20-8-6-14-11-21-17-5-3-2-4-16(14)17/h2-5,11,15,21H,6-10,12H2,1H3,(H,20,24). The molecule has 5 heteroatoms. The highest BCUT2D eigenvalue weighted by molar-refractivity contribution is 5.87. The molecule has 2 unspecified atom stereocenters. The Labute approximate surface area is 141 Å². The number of benzene rings is 1. The van der Waals surface area contributed by atoms with E-state index in [1.54, 1.807) is 6.92 Å². The predicted molar refractivity (Wildman–Crippen MR) is 92.4 cm³/mol. The summed E-state index contributed by atoms with van der Waals surface area (Å²) in [6.45, 7) is 3.72. The molecule has 0 spiro atoms. The Hall–Kier alpha value is -2.30. The van der Waals surface area contributed by atoms with Crippen molar-refractivity contribution in [2.75, 3.05) is 19.6 Å². The topological polar surface area (TPSA) is 65.2 Å². The monoisotopic (exact) mass is 325 g/mol. The summed E-state index contributed by atoms with van der Waals surface area (Å²) < 4.78 is 0. The van der Waals surface area contributed by atoms with Gasteiger partial charge in [-0.15, -0.1) is 0 Å². The van der Waals surface area contributed by atoms with Crippen LogP contribution >= 0.6 is 0 Å². The molecule has 1 aromatic carbocycles. The molecule has 5 nitrogen and oxygen atoms in total. The molecule has 0 radical (unpaired) electrons. The zero-order valence-corrected chi connectivity index (χ0v) is 14.0. The minimum absolute atomic E-state index is 0.121. The van der Waals surface area contributed by atoms with Gasteiger partial charge in [0, 0.05) is 43.7 Å². The first-order valence-corrected chi connectivity index (χ1v) is 8.69. The van der Waals surface area contributed by atoms with Crippen molar-refractivity contribution in [3.05, 3.63) is 36.0 Å². The van der Waals surface area contributed by atoms with Crippen LogP contribution in [0.15, 0.2) is 30.5 Å². The van der Waals surface area contributed by atoms with Gasteiger partial charge >= 0.3 is 0 Å². The lowest BCUT2D eigenvalue weighted by molar-refractivity contribution is -0.134. The average molecular weight is 325 g/mol. The number of likely N-dealkylation sites (tertiary alicyclic amines) is 1. The molecule has 1 saturated carbocycles. The minimum atomic E-state index is -0.202. The lowest BCUT2D eigenvalue weighted by Gasteiger charge is -2.30. The second-order valence-electron chi connectivity index (χ2n) is 7.14. The maximum atomic E-state index is 12.6. The van der Waals surface area contributed by atoms with Crippen molar-refractivity contribution in [2.45, 2.75) is 26.2 Å². The second-order valence-corrected chi connectivity index (χ2v) is 7.14. The molecule has 1 aromatic heterocycles. The number of H-pyrrole nitrogens is 1. The van der Waals surface area contributed by atoms with Crippen molar-refractivity contribution >= 4 is 22.7 Å². The molecule has 4 rings (SSSR count). The highest BCUT2D eigenvalue weighted by atomic mass is 16.2. The molecular weight excluding hydrogens is 302 g/mol. The van der Waals surface area contributed by atoms with Crippen molar-refractivity contribution in [1.29, 1.82) is 0 Å². The van der Waals surface area contributed by atoms with Crippen molar-refractivity contribution in [3.63, 3.8) is 0 Å². The van der Waals surface area contributed by atoms with Crippen LogP contribution in [-0.4, -0.2) is 41.3 Å². The first-order chi connectivity index (χ1) is 11.6. The van der Waals surface area contributed by atoms with Crippen LogP contribution in [0.2, 0.25) is 0 Å². The summed E-state index contributed by atoms with van der Waals surface area (Å²) in [4.78, 5) is 29.2. The summed E-state index contributed by atoms with van der Waals surface area (Å²) in [5, 5.41) is 4.35. The van der Waals surface area contributed by atoms with Gasteiger partial charge in [0.15, 0.2) is 0 Å². The van der Waals surface area contributed by atoms with Crippen molar-refractivity contribution < 1.29 is 9.59 Å². The molecule has 1 aliphatic heterocycles. The summed E-state index contributed by atoms with van der Waals surface area (Å²) in [6.07, 6.45) is 4.59. The molecule has 2 N–H and O–H groups in total. The first-order valence-electron chi connectivity index (χ1n) is 8.69. The molecule has 1 aliphatic carbocycles. The molecule has 0 bridgehead atoms. The number of amides is 2. The zero-order valence-electron chi connectivity index (χ0n) is 14.0. The Bertz CT molecular complexity index is 797. The van der Waals surface area contributed by atoms with E-state index in [0.29, 0.717) is 19.0 Å². The van der Waals surface area contributed by atoms with Gasteiger partial charge in [-0.2, -0.15) is 0 Å². The number of para-hydroxylation sites is 1. The van der Waals surface area contributed by atoms with Crippen molar-refractivity contribution in [1.82, 2.24) is 15.2 Å². The molecule has 2 heterocycles. The summed E-state index contributed by atoms with van der Waals surface area (Å²) in [7, 11) is 0. The molecule has 2 atom stereocenters. The summed E-state index contributed by atoms with van der Waals surface area (Å²) in [6, 6.07) is 8.23. The Balaban J connectivity index is 1.33. The third-order valence-electron chi connectivity index (χ3n) is 5.75. The SMILES string of the molecule is CC(=O)N1CCC2(C(=O)NCCc3c[nH]c4ccccc34)CC2C1. The van der Waals surface area contributed by atoms with Crippen LogP contribution in [-0.2, 0) is 16.0 Å². The van der Waals surface area contributed by atoms with Gasteiger partial charge in [-0.1, -0.05) is 18.2 Å². The van der Waals surface area contributed by atoms with Gasteiger partial charge in [0.2, 0.25) is 11.8 Å². The number of aromatic amines is 1. The number of hydrogen-bond acceptors (Lipinski definition) is 2. The van der Waals surface area contributed by atoms with E-state index in [1.165, 1.54) is 10.9 Å². The summed E-state index contributed by atoms with van der Waals surface area (Å²) in [5.74, 6) is 0.647. The van der Waals surface area contributed by atoms with Gasteiger partial charge in [-0.05, 0) is 36.8 Å². The van der Waals surface area contributed by atoms with Crippen LogP contribution in [0.3, 0.4) is 0 Å². The maximum absolute atomic E-state index is 12.6. The van der Waals surface area contributed by atoms with Crippen LogP contribution in [0.5, 0.6) is 0 Å². The third-order valence-corrected chi connectivity index (χ3v) is 5.75. The van der Waals surface area contributed by atoms with Gasteiger partial charge in [-0.3, -0.25) is 9.59 Å². The smallest absolute Gasteiger partial charge is 0.226 e. The summed E-state index contributed by atoms with van der Waals surface area (Å²) >= 11 is 0. The Morgan fingerprint density at radius 2 is 2.21 bits per heavy atom. The Morgan fingerprint density at radius 3 is 3.00 bits per heavy atom. The molecule has 126 valence electrons. The number of fused-ring (bicyclic) bond motifs is 2. The van der Waals surface area contributed by atoms with E-state index < -0.39 is 0 Å². The zero-order chi connectivity index (χ0) is 16.7. The van der Waals surface area contributed by atoms with Gasteiger partial charge in [0.25, 0.3) is 0 Å². The molecule has 2 aromatic rings. The molecule has 2 aliphatic rings. The van der Waals surface area contributed by atoms with E-state index in [4.69, 9.17) is 0 Å². The van der Waals surface area contributed by atoms with E-state index in [1.807, 2.05) is 23.2 Å². The molecular formula is C19H23N3O2. The van der Waals surface area contributed by atoms with E-state index in [2.05, 4.69) is 22.4 Å². The van der Waals surface area contributed by atoms with Gasteiger partial charge < -0.3 is 15.2 Å². The number of carbonyl (C=O) groups excluding carboxylic acids is 2. The fraction of sp³-hybridized carbons (Fsp3) is 0.474. The van der Waals surface area contributed by atoms with Crippen LogP contribution in [0.25, 0.3) is 10.9 Å². The fourth-order valence-electron chi connectivity index (χ4n) is 4.12. The number of hydrogen-bond donors (Lipinski definition) is 2. The fourth-order valence-corrected chi connectivity index (χ4v) is 4.12. The maximum Gasteiger partial charge on any atom is 0.226 e. The summed E-state index contributed by atoms with van der Waals surface area (Å²) in [5.41, 5.74) is 2.17. The van der Waals surface area contributed by atoms with Gasteiger partial charge in [0.05, 0.1) is 5.41 Å². The predicted octanol–water partition coefficient (Wildman–Crippen LogP) is 2.09. The molecule has 2 fully saturated rings. The Morgan fingerprint density at radius 1 is 1.38 bits per heavy atom. The van der Waals surface area contributed by atoms with Crippen LogP contribution in [0.4, 0.5) is 0 Å². The molecule has 1 saturated heterocycles. The van der Waals surface area contributed by atoms with Crippen LogP contribution in [0.1, 0.15) is 25.3 Å².